The summed E-state index contributed by atoms with van der Waals surface area (Å²) in [6.45, 7) is 0.429. The number of nitrogens with one attached hydrogen (secondary N) is 1. The summed E-state index contributed by atoms with van der Waals surface area (Å²) in [6.07, 6.45) is -3.97. The van der Waals surface area contributed by atoms with Crippen molar-refractivity contribution in [3.63, 3.8) is 0 Å². The number of likely N-dealkylation sites (N-methyl/N-ethyl adjacent to an activating group) is 1. The molecule has 0 saturated carbocycles. The number of alkyl halides is 3. The van der Waals surface area contributed by atoms with Gasteiger partial charge in [-0.2, -0.15) is 13.2 Å². The monoisotopic (exact) mass is 468 g/mol. The molecule has 1 N–H and O–H groups in total. The maximum Gasteiger partial charge on any atom is 0.416 e. The van der Waals surface area contributed by atoms with Crippen LogP contribution < -0.4 is 14.8 Å². The molecule has 6 nitrogen and oxygen atoms in total. The van der Waals surface area contributed by atoms with Gasteiger partial charge in [0.15, 0.2) is 11.5 Å². The highest BCUT2D eigenvalue weighted by atomic mass is 32.2. The number of amides is 2. The fourth-order valence-electron chi connectivity index (χ4n) is 3.23. The number of carbonyl (C=O) groups excluding carboxylic acids is 2. The number of thioether (sulfide) groups is 1. The lowest BCUT2D eigenvalue weighted by atomic mass is 10.1. The molecule has 1 aliphatic rings. The van der Waals surface area contributed by atoms with Crippen LogP contribution in [0.15, 0.2) is 41.3 Å². The van der Waals surface area contributed by atoms with E-state index in [0.29, 0.717) is 29.4 Å². The summed E-state index contributed by atoms with van der Waals surface area (Å²) in [4.78, 5) is 27.1. The first-order valence-corrected chi connectivity index (χ1v) is 10.6. The highest BCUT2D eigenvalue weighted by Crippen LogP contribution is 2.40. The van der Waals surface area contributed by atoms with E-state index in [1.807, 2.05) is 12.1 Å². The van der Waals surface area contributed by atoms with Crippen molar-refractivity contribution in [2.45, 2.75) is 29.2 Å². The Morgan fingerprint density at radius 1 is 1.12 bits per heavy atom. The van der Waals surface area contributed by atoms with Crippen LogP contribution in [-0.4, -0.2) is 49.8 Å². The molecule has 0 aliphatic carbocycles. The summed E-state index contributed by atoms with van der Waals surface area (Å²) >= 11 is 1.10. The zero-order chi connectivity index (χ0) is 23.5. The van der Waals surface area contributed by atoms with Crippen LogP contribution in [0.2, 0.25) is 0 Å². The topological polar surface area (TPSA) is 67.9 Å². The van der Waals surface area contributed by atoms with E-state index in [2.05, 4.69) is 5.32 Å². The third kappa shape index (κ3) is 5.48. The second-order valence-corrected chi connectivity index (χ2v) is 8.51. The first kappa shape index (κ1) is 23.8. The van der Waals surface area contributed by atoms with Crippen LogP contribution in [0.5, 0.6) is 11.5 Å². The largest absolute Gasteiger partial charge is 0.493 e. The molecule has 2 aromatic carbocycles. The number of hydrogen-bond donors (Lipinski definition) is 1. The van der Waals surface area contributed by atoms with Gasteiger partial charge in [0.25, 0.3) is 0 Å². The number of ether oxygens (including phenoxy) is 2. The molecule has 0 radical (unpaired) electrons. The highest BCUT2D eigenvalue weighted by Gasteiger charge is 2.34. The molecular formula is C22H23F3N2O4S. The van der Waals surface area contributed by atoms with Gasteiger partial charge in [0.2, 0.25) is 11.8 Å². The molecule has 1 heterocycles. The average molecular weight is 468 g/mol. The van der Waals surface area contributed by atoms with Gasteiger partial charge in [0.1, 0.15) is 0 Å². The number of fused-ring (bicyclic) bond motifs is 1. The van der Waals surface area contributed by atoms with Gasteiger partial charge in [-0.3, -0.25) is 9.59 Å². The Labute approximate surface area is 188 Å². The number of carbonyl (C=O) groups is 2. The van der Waals surface area contributed by atoms with Gasteiger partial charge in [-0.05, 0) is 42.3 Å². The van der Waals surface area contributed by atoms with Gasteiger partial charge in [-0.15, -0.1) is 11.8 Å². The lowest BCUT2D eigenvalue weighted by molar-refractivity contribution is -0.137. The van der Waals surface area contributed by atoms with Gasteiger partial charge < -0.3 is 19.7 Å². The van der Waals surface area contributed by atoms with Crippen LogP contribution in [-0.2, 0) is 22.2 Å². The minimum absolute atomic E-state index is 0.0562. The number of nitrogens with zero attached hydrogens (tertiary/aromatic N) is 1. The van der Waals surface area contributed by atoms with Crippen LogP contribution in [0.1, 0.15) is 17.5 Å². The number of rotatable bonds is 7. The van der Waals surface area contributed by atoms with Crippen molar-refractivity contribution in [1.82, 2.24) is 4.90 Å². The standard InChI is InChI=1S/C22H23F3N2O4S/c1-27(9-8-13-4-6-16(30-2)17(10-13)31-3)20(28)12-19-21(29)26-15-11-14(22(23,24)25)5-7-18(15)32-19/h4-7,10-11,19H,8-9,12H2,1-3H3,(H,26,29). The van der Waals surface area contributed by atoms with Crippen LogP contribution in [0.3, 0.4) is 0 Å². The molecule has 3 rings (SSSR count). The summed E-state index contributed by atoms with van der Waals surface area (Å²) in [7, 11) is 4.75. The highest BCUT2D eigenvalue weighted by molar-refractivity contribution is 8.01. The first-order valence-electron chi connectivity index (χ1n) is 9.76. The average Bonchev–Trinajstić information content (AvgIpc) is 2.76. The van der Waals surface area contributed by atoms with Gasteiger partial charge in [0, 0.05) is 24.9 Å². The predicted molar refractivity (Wildman–Crippen MR) is 115 cm³/mol. The maximum atomic E-state index is 12.9. The zero-order valence-corrected chi connectivity index (χ0v) is 18.6. The molecule has 2 aromatic rings. The summed E-state index contributed by atoms with van der Waals surface area (Å²) in [5, 5.41) is 1.78. The minimum atomic E-state index is -4.49. The van der Waals surface area contributed by atoms with Crippen molar-refractivity contribution < 1.29 is 32.2 Å². The van der Waals surface area contributed by atoms with E-state index in [1.165, 1.54) is 11.0 Å². The SMILES string of the molecule is COc1ccc(CCN(C)C(=O)CC2Sc3ccc(C(F)(F)F)cc3NC2=O)cc1OC. The fourth-order valence-corrected chi connectivity index (χ4v) is 4.32. The molecule has 0 fully saturated rings. The summed E-state index contributed by atoms with van der Waals surface area (Å²) in [6, 6.07) is 8.72. The van der Waals surface area contributed by atoms with Crippen molar-refractivity contribution in [2.24, 2.45) is 0 Å². The molecule has 1 unspecified atom stereocenters. The Morgan fingerprint density at radius 3 is 2.50 bits per heavy atom. The Hall–Kier alpha value is -2.88. The van der Waals surface area contributed by atoms with E-state index >= 15 is 0 Å². The molecule has 172 valence electrons. The molecule has 32 heavy (non-hydrogen) atoms. The van der Waals surface area contributed by atoms with Crippen molar-refractivity contribution in [1.29, 1.82) is 0 Å². The normalized spacial score (nSPS) is 15.6. The molecule has 0 bridgehead atoms. The van der Waals surface area contributed by atoms with Gasteiger partial charge in [-0.25, -0.2) is 0 Å². The van der Waals surface area contributed by atoms with Crippen molar-refractivity contribution in [3.8, 4) is 11.5 Å². The van der Waals surface area contributed by atoms with Crippen LogP contribution in [0.25, 0.3) is 0 Å². The van der Waals surface area contributed by atoms with Gasteiger partial charge in [-0.1, -0.05) is 6.07 Å². The molecule has 0 spiro atoms. The Morgan fingerprint density at radius 2 is 1.84 bits per heavy atom. The van der Waals surface area contributed by atoms with E-state index in [-0.39, 0.29) is 18.0 Å². The lowest BCUT2D eigenvalue weighted by Crippen LogP contribution is -2.36. The predicted octanol–water partition coefficient (Wildman–Crippen LogP) is 4.23. The summed E-state index contributed by atoms with van der Waals surface area (Å²) in [5.74, 6) is 0.502. The first-order chi connectivity index (χ1) is 15.1. The molecular weight excluding hydrogens is 445 g/mol. The molecule has 2 amide bonds. The lowest BCUT2D eigenvalue weighted by Gasteiger charge is -2.26. The third-order valence-corrected chi connectivity index (χ3v) is 6.37. The zero-order valence-electron chi connectivity index (χ0n) is 17.8. The second-order valence-electron chi connectivity index (χ2n) is 7.26. The number of anilines is 1. The molecule has 0 saturated heterocycles. The van der Waals surface area contributed by atoms with Crippen molar-refractivity contribution >= 4 is 29.3 Å². The molecule has 10 heteroatoms. The summed E-state index contributed by atoms with van der Waals surface area (Å²) in [5.41, 5.74) is 0.239. The molecule has 1 atom stereocenters. The summed E-state index contributed by atoms with van der Waals surface area (Å²) < 4.78 is 49.2. The van der Waals surface area contributed by atoms with E-state index in [9.17, 15) is 22.8 Å². The van der Waals surface area contributed by atoms with Crippen LogP contribution in [0, 0.1) is 0 Å². The maximum absolute atomic E-state index is 12.9. The smallest absolute Gasteiger partial charge is 0.416 e. The van der Waals surface area contributed by atoms with E-state index < -0.39 is 22.9 Å². The Bertz CT molecular complexity index is 1010. The minimum Gasteiger partial charge on any atom is -0.493 e. The van der Waals surface area contributed by atoms with E-state index in [1.54, 1.807) is 27.3 Å². The second kappa shape index (κ2) is 9.72. The molecule has 1 aliphatic heterocycles. The fraction of sp³-hybridized carbons (Fsp3) is 0.364. The van der Waals surface area contributed by atoms with E-state index in [0.717, 1.165) is 29.5 Å². The third-order valence-electron chi connectivity index (χ3n) is 5.10. The number of halogens is 3. The number of hydrogen-bond acceptors (Lipinski definition) is 5. The number of benzene rings is 2. The molecule has 0 aromatic heterocycles. The van der Waals surface area contributed by atoms with Crippen molar-refractivity contribution in [3.05, 3.63) is 47.5 Å². The Balaban J connectivity index is 1.59. The quantitative estimate of drug-likeness (QED) is 0.659. The Kier molecular flexibility index (Phi) is 7.22. The number of methoxy groups -OCH3 is 2. The van der Waals surface area contributed by atoms with Gasteiger partial charge >= 0.3 is 6.18 Å². The van der Waals surface area contributed by atoms with Crippen LogP contribution >= 0.6 is 11.8 Å². The van der Waals surface area contributed by atoms with Crippen molar-refractivity contribution in [2.75, 3.05) is 33.1 Å². The van der Waals surface area contributed by atoms with E-state index in [4.69, 9.17) is 9.47 Å². The van der Waals surface area contributed by atoms with Gasteiger partial charge in [0.05, 0.1) is 30.7 Å². The van der Waals surface area contributed by atoms with Crippen LogP contribution in [0.4, 0.5) is 18.9 Å².